The van der Waals surface area contributed by atoms with E-state index in [0.717, 1.165) is 11.6 Å². The van der Waals surface area contributed by atoms with E-state index in [-0.39, 0.29) is 12.5 Å². The smallest absolute Gasteiger partial charge is 0.257 e. The van der Waals surface area contributed by atoms with E-state index in [1.807, 2.05) is 18.2 Å². The lowest BCUT2D eigenvalue weighted by atomic mass is 10.0. The van der Waals surface area contributed by atoms with Crippen molar-refractivity contribution in [2.45, 2.75) is 26.2 Å². The summed E-state index contributed by atoms with van der Waals surface area (Å²) in [6, 6.07) is 7.84. The van der Waals surface area contributed by atoms with Gasteiger partial charge >= 0.3 is 0 Å². The molecule has 112 valence electrons. The molecule has 1 aromatic carbocycles. The van der Waals surface area contributed by atoms with Crippen LogP contribution in [-0.2, 0) is 11.2 Å². The quantitative estimate of drug-likeness (QED) is 0.821. The first-order chi connectivity index (χ1) is 10.1. The number of hydrogen-bond donors (Lipinski definition) is 2. The second kappa shape index (κ2) is 7.47. The molecule has 1 aromatic heterocycles. The molecule has 0 saturated heterocycles. The molecule has 0 aliphatic rings. The average Bonchev–Trinajstić information content (AvgIpc) is 2.99. The van der Waals surface area contributed by atoms with Crippen LogP contribution in [0.4, 0.5) is 0 Å². The summed E-state index contributed by atoms with van der Waals surface area (Å²) in [7, 11) is 0. The third kappa shape index (κ3) is 4.95. The van der Waals surface area contributed by atoms with Crippen molar-refractivity contribution in [2.24, 2.45) is 0 Å². The molecular formula is C16H21N3O2. The van der Waals surface area contributed by atoms with Crippen LogP contribution in [0.1, 0.15) is 31.2 Å². The number of benzene rings is 1. The van der Waals surface area contributed by atoms with Crippen molar-refractivity contribution in [1.82, 2.24) is 15.3 Å². The molecule has 5 nitrogen and oxygen atoms in total. The number of ether oxygens (including phenoxy) is 1. The molecule has 0 aliphatic carbocycles. The van der Waals surface area contributed by atoms with E-state index in [9.17, 15) is 4.79 Å². The van der Waals surface area contributed by atoms with Crippen LogP contribution in [0.3, 0.4) is 0 Å². The highest BCUT2D eigenvalue weighted by Crippen LogP contribution is 2.19. The average molecular weight is 287 g/mol. The van der Waals surface area contributed by atoms with Gasteiger partial charge in [0.05, 0.1) is 0 Å². The number of H-pyrrole nitrogens is 1. The fourth-order valence-corrected chi connectivity index (χ4v) is 1.92. The van der Waals surface area contributed by atoms with E-state index in [4.69, 9.17) is 4.74 Å². The molecule has 5 heteroatoms. The lowest BCUT2D eigenvalue weighted by Crippen LogP contribution is -2.30. The maximum Gasteiger partial charge on any atom is 0.257 e. The fourth-order valence-electron chi connectivity index (χ4n) is 1.92. The van der Waals surface area contributed by atoms with Crippen molar-refractivity contribution >= 4 is 5.91 Å². The molecule has 1 heterocycles. The number of amides is 1. The first-order valence-electron chi connectivity index (χ1n) is 7.13. The summed E-state index contributed by atoms with van der Waals surface area (Å²) in [4.78, 5) is 18.8. The van der Waals surface area contributed by atoms with Gasteiger partial charge in [-0.1, -0.05) is 26.0 Å². The van der Waals surface area contributed by atoms with Crippen LogP contribution in [0.5, 0.6) is 5.75 Å². The Balaban J connectivity index is 1.72. The Morgan fingerprint density at radius 1 is 1.43 bits per heavy atom. The van der Waals surface area contributed by atoms with E-state index in [1.54, 1.807) is 12.4 Å². The van der Waals surface area contributed by atoms with Crippen molar-refractivity contribution in [2.75, 3.05) is 13.2 Å². The zero-order chi connectivity index (χ0) is 15.1. The molecule has 2 rings (SSSR count). The minimum atomic E-state index is -0.128. The Morgan fingerprint density at radius 2 is 2.29 bits per heavy atom. The topological polar surface area (TPSA) is 67.0 Å². The van der Waals surface area contributed by atoms with Gasteiger partial charge in [0, 0.05) is 25.4 Å². The van der Waals surface area contributed by atoms with Gasteiger partial charge in [0.2, 0.25) is 0 Å². The number of carbonyl (C=O) groups is 1. The molecule has 0 bridgehead atoms. The highest BCUT2D eigenvalue weighted by atomic mass is 16.5. The summed E-state index contributed by atoms with van der Waals surface area (Å²) in [5.41, 5.74) is 1.20. The highest BCUT2D eigenvalue weighted by molar-refractivity contribution is 5.77. The fraction of sp³-hybridized carbons (Fsp3) is 0.375. The van der Waals surface area contributed by atoms with Gasteiger partial charge in [-0.05, 0) is 23.6 Å². The maximum atomic E-state index is 11.7. The highest BCUT2D eigenvalue weighted by Gasteiger charge is 2.05. The molecule has 2 N–H and O–H groups in total. The Kier molecular flexibility index (Phi) is 5.37. The largest absolute Gasteiger partial charge is 0.484 e. The van der Waals surface area contributed by atoms with E-state index >= 15 is 0 Å². The van der Waals surface area contributed by atoms with Gasteiger partial charge in [0.1, 0.15) is 11.6 Å². The molecule has 0 fully saturated rings. The first-order valence-corrected chi connectivity index (χ1v) is 7.13. The van der Waals surface area contributed by atoms with Gasteiger partial charge in [-0.25, -0.2) is 4.98 Å². The van der Waals surface area contributed by atoms with E-state index in [0.29, 0.717) is 18.9 Å². The number of rotatable bonds is 7. The van der Waals surface area contributed by atoms with Crippen molar-refractivity contribution in [3.05, 3.63) is 48.0 Å². The maximum absolute atomic E-state index is 11.7. The third-order valence-corrected chi connectivity index (χ3v) is 3.13. The zero-order valence-corrected chi connectivity index (χ0v) is 12.4. The van der Waals surface area contributed by atoms with Gasteiger partial charge in [-0.3, -0.25) is 4.79 Å². The summed E-state index contributed by atoms with van der Waals surface area (Å²) in [5.74, 6) is 1.90. The van der Waals surface area contributed by atoms with Gasteiger partial charge < -0.3 is 15.0 Å². The molecule has 1 amide bonds. The lowest BCUT2D eigenvalue weighted by molar-refractivity contribution is -0.123. The monoisotopic (exact) mass is 287 g/mol. The van der Waals surface area contributed by atoms with Crippen LogP contribution in [0.15, 0.2) is 36.7 Å². The normalized spacial score (nSPS) is 10.6. The van der Waals surface area contributed by atoms with Gasteiger partial charge in [0.15, 0.2) is 6.61 Å². The number of carbonyl (C=O) groups excluding carboxylic acids is 1. The van der Waals surface area contributed by atoms with Crippen molar-refractivity contribution in [3.8, 4) is 5.75 Å². The SMILES string of the molecule is CC(C)c1cccc(OCC(=O)NCCc2ncc[nH]2)c1. The molecule has 0 unspecified atom stereocenters. The first kappa shape index (κ1) is 15.1. The second-order valence-electron chi connectivity index (χ2n) is 5.15. The minimum absolute atomic E-state index is 0.0275. The molecule has 0 aliphatic heterocycles. The van der Waals surface area contributed by atoms with Crippen LogP contribution < -0.4 is 10.1 Å². The lowest BCUT2D eigenvalue weighted by Gasteiger charge is -2.10. The minimum Gasteiger partial charge on any atom is -0.484 e. The molecule has 21 heavy (non-hydrogen) atoms. The van der Waals surface area contributed by atoms with Crippen molar-refractivity contribution in [3.63, 3.8) is 0 Å². The number of nitrogens with zero attached hydrogens (tertiary/aromatic N) is 1. The Morgan fingerprint density at radius 3 is 3.00 bits per heavy atom. The Hall–Kier alpha value is -2.30. The van der Waals surface area contributed by atoms with Crippen molar-refractivity contribution < 1.29 is 9.53 Å². The Bertz CT molecular complexity index is 565. The standard InChI is InChI=1S/C16H21N3O2/c1-12(2)13-4-3-5-14(10-13)21-11-16(20)19-7-6-15-17-8-9-18-15/h3-5,8-10,12H,6-7,11H2,1-2H3,(H,17,18)(H,19,20). The number of imidazole rings is 1. The number of hydrogen-bond acceptors (Lipinski definition) is 3. The molecule has 0 atom stereocenters. The van der Waals surface area contributed by atoms with E-state index in [1.165, 1.54) is 5.56 Å². The molecule has 0 saturated carbocycles. The van der Waals surface area contributed by atoms with Crippen LogP contribution in [-0.4, -0.2) is 29.0 Å². The predicted octanol–water partition coefficient (Wildman–Crippen LogP) is 2.27. The van der Waals surface area contributed by atoms with E-state index < -0.39 is 0 Å². The Labute approximate surface area is 124 Å². The van der Waals surface area contributed by atoms with Crippen LogP contribution in [0, 0.1) is 0 Å². The summed E-state index contributed by atoms with van der Waals surface area (Å²) >= 11 is 0. The summed E-state index contributed by atoms with van der Waals surface area (Å²) in [5, 5.41) is 2.80. The van der Waals surface area contributed by atoms with Crippen molar-refractivity contribution in [1.29, 1.82) is 0 Å². The number of nitrogens with one attached hydrogen (secondary N) is 2. The van der Waals surface area contributed by atoms with E-state index in [2.05, 4.69) is 35.2 Å². The van der Waals surface area contributed by atoms with Crippen LogP contribution >= 0.6 is 0 Å². The molecule has 0 radical (unpaired) electrons. The number of aromatic nitrogens is 2. The zero-order valence-electron chi connectivity index (χ0n) is 12.4. The third-order valence-electron chi connectivity index (χ3n) is 3.13. The number of aromatic amines is 1. The van der Waals surface area contributed by atoms with Gasteiger partial charge in [0.25, 0.3) is 5.91 Å². The summed E-state index contributed by atoms with van der Waals surface area (Å²) in [6.45, 7) is 4.82. The van der Waals surface area contributed by atoms with Crippen LogP contribution in [0.25, 0.3) is 0 Å². The van der Waals surface area contributed by atoms with Gasteiger partial charge in [-0.15, -0.1) is 0 Å². The van der Waals surface area contributed by atoms with Gasteiger partial charge in [-0.2, -0.15) is 0 Å². The second-order valence-corrected chi connectivity index (χ2v) is 5.15. The predicted molar refractivity (Wildman–Crippen MR) is 81.3 cm³/mol. The molecular weight excluding hydrogens is 266 g/mol. The summed E-state index contributed by atoms with van der Waals surface area (Å²) in [6.07, 6.45) is 4.14. The molecule has 0 spiro atoms. The summed E-state index contributed by atoms with van der Waals surface area (Å²) < 4.78 is 5.51. The molecule has 2 aromatic rings. The van der Waals surface area contributed by atoms with Crippen LogP contribution in [0.2, 0.25) is 0 Å².